The van der Waals surface area contributed by atoms with Gasteiger partial charge in [-0.15, -0.1) is 0 Å². The van der Waals surface area contributed by atoms with E-state index >= 15 is 0 Å². The molecule has 26 heavy (non-hydrogen) atoms. The van der Waals surface area contributed by atoms with Gasteiger partial charge in [0.1, 0.15) is 17.7 Å². The fourth-order valence-electron chi connectivity index (χ4n) is 4.12. The summed E-state index contributed by atoms with van der Waals surface area (Å²) >= 11 is 0. The lowest BCUT2D eigenvalue weighted by atomic mass is 9.88. The summed E-state index contributed by atoms with van der Waals surface area (Å²) in [5.74, 6) is -0.983. The van der Waals surface area contributed by atoms with Gasteiger partial charge in [0.25, 0.3) is 0 Å². The number of benzene rings is 1. The van der Waals surface area contributed by atoms with Gasteiger partial charge in [0, 0.05) is 50.4 Å². The van der Waals surface area contributed by atoms with E-state index in [1.807, 2.05) is 16.6 Å². The van der Waals surface area contributed by atoms with Crippen molar-refractivity contribution in [1.29, 1.82) is 0 Å². The maximum absolute atomic E-state index is 14.0. The summed E-state index contributed by atoms with van der Waals surface area (Å²) in [4.78, 5) is 14.8. The summed E-state index contributed by atoms with van der Waals surface area (Å²) in [6, 6.07) is 3.40. The van der Waals surface area contributed by atoms with Gasteiger partial charge in [0.15, 0.2) is 0 Å². The first kappa shape index (κ1) is 17.1. The summed E-state index contributed by atoms with van der Waals surface area (Å²) in [5, 5.41) is 7.58. The Balaban J connectivity index is 1.44. The van der Waals surface area contributed by atoms with Crippen LogP contribution in [-0.2, 0) is 18.3 Å². The van der Waals surface area contributed by atoms with Crippen molar-refractivity contribution in [3.05, 3.63) is 52.9 Å². The number of fused-ring (bicyclic) bond motifs is 1. The van der Waals surface area contributed by atoms with Gasteiger partial charge in [-0.3, -0.25) is 9.48 Å². The fraction of sp³-hybridized carbons (Fsp3) is 0.474. The van der Waals surface area contributed by atoms with Crippen LogP contribution < -0.4 is 5.32 Å². The lowest BCUT2D eigenvalue weighted by molar-refractivity contribution is -0.134. The minimum Gasteiger partial charge on any atom is -0.341 e. The van der Waals surface area contributed by atoms with E-state index in [-0.39, 0.29) is 17.9 Å². The van der Waals surface area contributed by atoms with Crippen LogP contribution >= 0.6 is 0 Å². The van der Waals surface area contributed by atoms with E-state index in [1.165, 1.54) is 12.1 Å². The highest BCUT2D eigenvalue weighted by Crippen LogP contribution is 2.32. The number of halogens is 2. The number of hydrogen-bond donors (Lipinski definition) is 1. The third kappa shape index (κ3) is 3.00. The van der Waals surface area contributed by atoms with Gasteiger partial charge >= 0.3 is 0 Å². The first-order valence-corrected chi connectivity index (χ1v) is 9.02. The predicted molar refractivity (Wildman–Crippen MR) is 92.6 cm³/mol. The van der Waals surface area contributed by atoms with Crippen LogP contribution in [0.15, 0.2) is 24.4 Å². The van der Waals surface area contributed by atoms with Crippen LogP contribution in [0.5, 0.6) is 0 Å². The monoisotopic (exact) mass is 360 g/mol. The van der Waals surface area contributed by atoms with E-state index in [0.717, 1.165) is 30.3 Å². The molecule has 4 rings (SSSR count). The van der Waals surface area contributed by atoms with Crippen molar-refractivity contribution in [3.8, 4) is 0 Å². The molecule has 0 spiro atoms. The Kier molecular flexibility index (Phi) is 4.48. The maximum atomic E-state index is 14.0. The SMILES string of the molecule is Cn1ncc2c1CCNC2C(=O)N1CCC(c2ccc(F)cc2F)CC1. The van der Waals surface area contributed by atoms with Crippen LogP contribution in [0.4, 0.5) is 8.78 Å². The van der Waals surface area contributed by atoms with Crippen molar-refractivity contribution in [1.82, 2.24) is 20.0 Å². The molecule has 1 amide bonds. The zero-order valence-corrected chi connectivity index (χ0v) is 14.7. The molecule has 0 radical (unpaired) electrons. The molecule has 1 aromatic heterocycles. The normalized spacial score (nSPS) is 20.9. The third-order valence-electron chi connectivity index (χ3n) is 5.57. The molecule has 1 saturated heterocycles. The molecule has 5 nitrogen and oxygen atoms in total. The van der Waals surface area contributed by atoms with Crippen LogP contribution in [0, 0.1) is 11.6 Å². The molecular weight excluding hydrogens is 338 g/mol. The third-order valence-corrected chi connectivity index (χ3v) is 5.57. The predicted octanol–water partition coefficient (Wildman–Crippen LogP) is 2.29. The van der Waals surface area contributed by atoms with Crippen molar-refractivity contribution in [3.63, 3.8) is 0 Å². The van der Waals surface area contributed by atoms with Crippen LogP contribution in [-0.4, -0.2) is 40.2 Å². The molecule has 1 N–H and O–H groups in total. The van der Waals surface area contributed by atoms with E-state index in [9.17, 15) is 13.6 Å². The van der Waals surface area contributed by atoms with Gasteiger partial charge in [-0.05, 0) is 30.4 Å². The van der Waals surface area contributed by atoms with Crippen molar-refractivity contribution >= 4 is 5.91 Å². The lowest BCUT2D eigenvalue weighted by Crippen LogP contribution is -2.46. The van der Waals surface area contributed by atoms with E-state index in [4.69, 9.17) is 0 Å². The van der Waals surface area contributed by atoms with Crippen molar-refractivity contribution in [2.75, 3.05) is 19.6 Å². The van der Waals surface area contributed by atoms with Crippen molar-refractivity contribution < 1.29 is 13.6 Å². The summed E-state index contributed by atoms with van der Waals surface area (Å²) in [5.41, 5.74) is 2.60. The number of likely N-dealkylation sites (tertiary alicyclic amines) is 1. The van der Waals surface area contributed by atoms with Gasteiger partial charge in [-0.1, -0.05) is 6.07 Å². The zero-order chi connectivity index (χ0) is 18.3. The second kappa shape index (κ2) is 6.79. The highest BCUT2D eigenvalue weighted by atomic mass is 19.1. The second-order valence-corrected chi connectivity index (χ2v) is 7.07. The molecular formula is C19H22F2N4O. The van der Waals surface area contributed by atoms with Gasteiger partial charge in [-0.2, -0.15) is 5.10 Å². The molecule has 2 aromatic rings. The Morgan fingerprint density at radius 1 is 1.23 bits per heavy atom. The first-order chi connectivity index (χ1) is 12.5. The summed E-state index contributed by atoms with van der Waals surface area (Å²) in [6.07, 6.45) is 3.99. The molecule has 1 fully saturated rings. The van der Waals surface area contributed by atoms with Gasteiger partial charge in [0.05, 0.1) is 6.20 Å². The number of amides is 1. The number of nitrogens with zero attached hydrogens (tertiary/aromatic N) is 3. The molecule has 1 unspecified atom stereocenters. The van der Waals surface area contributed by atoms with Crippen molar-refractivity contribution in [2.24, 2.45) is 7.05 Å². The number of aryl methyl sites for hydroxylation is 1. The quantitative estimate of drug-likeness (QED) is 0.894. The number of rotatable bonds is 2. The highest BCUT2D eigenvalue weighted by molar-refractivity contribution is 5.84. The minimum absolute atomic E-state index is 0.0212. The molecule has 0 saturated carbocycles. The number of carbonyl (C=O) groups excluding carboxylic acids is 1. The topological polar surface area (TPSA) is 50.2 Å². The number of piperidine rings is 1. The number of nitrogens with one attached hydrogen (secondary N) is 1. The Morgan fingerprint density at radius 3 is 2.73 bits per heavy atom. The van der Waals surface area contributed by atoms with E-state index in [2.05, 4.69) is 10.4 Å². The van der Waals surface area contributed by atoms with E-state index < -0.39 is 11.6 Å². The Hall–Kier alpha value is -2.28. The minimum atomic E-state index is -0.561. The van der Waals surface area contributed by atoms with E-state index in [0.29, 0.717) is 31.5 Å². The van der Waals surface area contributed by atoms with Crippen molar-refractivity contribution in [2.45, 2.75) is 31.2 Å². The molecule has 0 bridgehead atoms. The van der Waals surface area contributed by atoms with Crippen LogP contribution in [0.1, 0.15) is 41.6 Å². The number of aromatic nitrogens is 2. The lowest BCUT2D eigenvalue weighted by Gasteiger charge is -2.35. The second-order valence-electron chi connectivity index (χ2n) is 7.07. The number of carbonyl (C=O) groups is 1. The Bertz CT molecular complexity index is 827. The largest absolute Gasteiger partial charge is 0.341 e. The number of hydrogen-bond acceptors (Lipinski definition) is 3. The average Bonchev–Trinajstić information content (AvgIpc) is 3.03. The molecule has 1 atom stereocenters. The molecule has 7 heteroatoms. The van der Waals surface area contributed by atoms with Gasteiger partial charge < -0.3 is 10.2 Å². The average molecular weight is 360 g/mol. The van der Waals surface area contributed by atoms with Crippen LogP contribution in [0.2, 0.25) is 0 Å². The molecule has 138 valence electrons. The molecule has 2 aliphatic heterocycles. The fourth-order valence-corrected chi connectivity index (χ4v) is 4.12. The van der Waals surface area contributed by atoms with Gasteiger partial charge in [0.2, 0.25) is 5.91 Å². The summed E-state index contributed by atoms with van der Waals surface area (Å²) in [6.45, 7) is 1.91. The standard InChI is InChI=1S/C19H22F2N4O/c1-24-17-4-7-22-18(15(17)11-23-24)19(26)25-8-5-12(6-9-25)14-3-2-13(20)10-16(14)21/h2-3,10-12,18,22H,4-9H2,1H3. The Labute approximate surface area is 151 Å². The molecule has 0 aliphatic carbocycles. The first-order valence-electron chi connectivity index (χ1n) is 9.02. The molecule has 3 heterocycles. The summed E-state index contributed by atoms with van der Waals surface area (Å²) in [7, 11) is 1.90. The Morgan fingerprint density at radius 2 is 2.00 bits per heavy atom. The van der Waals surface area contributed by atoms with Gasteiger partial charge in [-0.25, -0.2) is 8.78 Å². The van der Waals surface area contributed by atoms with E-state index in [1.54, 1.807) is 6.20 Å². The van der Waals surface area contributed by atoms with Crippen LogP contribution in [0.3, 0.4) is 0 Å². The molecule has 1 aromatic carbocycles. The maximum Gasteiger partial charge on any atom is 0.244 e. The summed E-state index contributed by atoms with van der Waals surface area (Å²) < 4.78 is 28.9. The zero-order valence-electron chi connectivity index (χ0n) is 14.7. The molecule has 2 aliphatic rings. The smallest absolute Gasteiger partial charge is 0.244 e. The highest BCUT2D eigenvalue weighted by Gasteiger charge is 2.34. The van der Waals surface area contributed by atoms with Crippen LogP contribution in [0.25, 0.3) is 0 Å².